The number of hydrogen-bond acceptors (Lipinski definition) is 3. The summed E-state index contributed by atoms with van der Waals surface area (Å²) >= 11 is 11.5. The molecule has 3 atom stereocenters. The molecule has 1 saturated carbocycles. The molecule has 1 aliphatic rings. The minimum Gasteiger partial charge on any atom is -0.457 e. The normalized spacial score (nSPS) is 20.2. The molecule has 5 heteroatoms. The van der Waals surface area contributed by atoms with Gasteiger partial charge in [0.05, 0.1) is 5.92 Å². The first kappa shape index (κ1) is 23.0. The molecule has 3 nitrogen and oxygen atoms in total. The Labute approximate surface area is 193 Å². The number of benzene rings is 2. The van der Waals surface area contributed by atoms with Crippen LogP contribution in [-0.2, 0) is 9.53 Å². The van der Waals surface area contributed by atoms with Crippen LogP contribution in [0.2, 0.25) is 0 Å². The van der Waals surface area contributed by atoms with Crippen LogP contribution in [0.25, 0.3) is 6.08 Å². The summed E-state index contributed by atoms with van der Waals surface area (Å²) in [5.74, 6) is 3.27. The second-order valence-electron chi connectivity index (χ2n) is 8.14. The zero-order valence-corrected chi connectivity index (χ0v) is 19.2. The van der Waals surface area contributed by atoms with Crippen LogP contribution in [0.15, 0.2) is 70.7 Å². The number of halogens is 2. The standard InChI is InChI=1S/C26H24Cl2O3/c1-5-22(31-25(29)24-21(16-23(27)28)26(24,3)4)17(2)14-18-10-9-13-20(15-18)30-19-11-7-6-8-12-19/h1,6-16,21-22,24H,2-4H3/b17-14+. The third-order valence-electron chi connectivity index (χ3n) is 5.50. The maximum absolute atomic E-state index is 12.7. The van der Waals surface area contributed by atoms with Gasteiger partial charge in [0.2, 0.25) is 0 Å². The van der Waals surface area contributed by atoms with E-state index in [1.807, 2.05) is 81.4 Å². The summed E-state index contributed by atoms with van der Waals surface area (Å²) in [7, 11) is 0. The Kier molecular flexibility index (Phi) is 7.15. The lowest BCUT2D eigenvalue weighted by Gasteiger charge is -2.14. The maximum Gasteiger partial charge on any atom is 0.311 e. The van der Waals surface area contributed by atoms with Crippen LogP contribution in [0.4, 0.5) is 0 Å². The molecule has 2 aromatic carbocycles. The van der Waals surface area contributed by atoms with Crippen LogP contribution in [0.3, 0.4) is 0 Å². The van der Waals surface area contributed by atoms with Gasteiger partial charge in [-0.05, 0) is 59.7 Å². The number of terminal acetylenes is 1. The van der Waals surface area contributed by atoms with Crippen molar-refractivity contribution in [3.05, 3.63) is 76.3 Å². The summed E-state index contributed by atoms with van der Waals surface area (Å²) in [5, 5.41) is 0. The van der Waals surface area contributed by atoms with E-state index < -0.39 is 6.10 Å². The van der Waals surface area contributed by atoms with Gasteiger partial charge in [0.25, 0.3) is 0 Å². The van der Waals surface area contributed by atoms with Gasteiger partial charge in [-0.3, -0.25) is 4.79 Å². The Balaban J connectivity index is 1.70. The molecule has 0 N–H and O–H groups in total. The fourth-order valence-corrected chi connectivity index (χ4v) is 3.93. The van der Waals surface area contributed by atoms with Crippen LogP contribution in [0.5, 0.6) is 11.5 Å². The number of rotatable bonds is 7. The third kappa shape index (κ3) is 5.73. The summed E-state index contributed by atoms with van der Waals surface area (Å²) in [6.07, 6.45) is 8.47. The largest absolute Gasteiger partial charge is 0.457 e. The molecule has 1 fully saturated rings. The number of para-hydroxylation sites is 1. The van der Waals surface area contributed by atoms with Crippen molar-refractivity contribution < 1.29 is 14.3 Å². The first-order valence-corrected chi connectivity index (χ1v) is 10.7. The smallest absolute Gasteiger partial charge is 0.311 e. The van der Waals surface area contributed by atoms with Crippen LogP contribution >= 0.6 is 23.2 Å². The molecular weight excluding hydrogens is 431 g/mol. The zero-order valence-electron chi connectivity index (χ0n) is 17.6. The maximum atomic E-state index is 12.7. The lowest BCUT2D eigenvalue weighted by molar-refractivity contribution is -0.147. The summed E-state index contributed by atoms with van der Waals surface area (Å²) in [6, 6.07) is 17.2. The summed E-state index contributed by atoms with van der Waals surface area (Å²) < 4.78 is 11.7. The second kappa shape index (κ2) is 9.64. The van der Waals surface area contributed by atoms with Crippen LogP contribution < -0.4 is 4.74 Å². The van der Waals surface area contributed by atoms with E-state index in [9.17, 15) is 4.79 Å². The van der Waals surface area contributed by atoms with Crippen LogP contribution in [0, 0.1) is 29.6 Å². The molecule has 3 unspecified atom stereocenters. The van der Waals surface area contributed by atoms with E-state index in [1.165, 1.54) is 0 Å². The minimum absolute atomic E-state index is 0.0699. The molecule has 2 aromatic rings. The van der Waals surface area contributed by atoms with E-state index in [-0.39, 0.29) is 27.7 Å². The minimum atomic E-state index is -0.765. The summed E-state index contributed by atoms with van der Waals surface area (Å²) in [5.41, 5.74) is 1.36. The Bertz CT molecular complexity index is 1040. The average molecular weight is 455 g/mol. The molecule has 0 amide bonds. The lowest BCUT2D eigenvalue weighted by atomic mass is 10.1. The Hall–Kier alpha value is -2.67. The molecule has 3 rings (SSSR count). The Morgan fingerprint density at radius 1 is 1.13 bits per heavy atom. The van der Waals surface area contributed by atoms with E-state index >= 15 is 0 Å². The highest BCUT2D eigenvalue weighted by Gasteiger charge is 2.61. The van der Waals surface area contributed by atoms with Crippen LogP contribution in [-0.4, -0.2) is 12.1 Å². The number of ether oxygens (including phenoxy) is 2. The molecule has 0 heterocycles. The zero-order chi connectivity index (χ0) is 22.6. The Morgan fingerprint density at radius 2 is 1.81 bits per heavy atom. The first-order chi connectivity index (χ1) is 14.7. The second-order valence-corrected chi connectivity index (χ2v) is 9.15. The van der Waals surface area contributed by atoms with Gasteiger partial charge in [0, 0.05) is 0 Å². The van der Waals surface area contributed by atoms with E-state index in [4.69, 9.17) is 39.1 Å². The highest BCUT2D eigenvalue weighted by molar-refractivity contribution is 6.55. The van der Waals surface area contributed by atoms with Crippen molar-refractivity contribution in [1.82, 2.24) is 0 Å². The molecule has 0 saturated heterocycles. The average Bonchev–Trinajstić information content (AvgIpc) is 3.26. The van der Waals surface area contributed by atoms with E-state index in [1.54, 1.807) is 6.08 Å². The molecule has 31 heavy (non-hydrogen) atoms. The van der Waals surface area contributed by atoms with Crippen molar-refractivity contribution in [3.8, 4) is 23.8 Å². The van der Waals surface area contributed by atoms with Gasteiger partial charge in [-0.1, -0.05) is 79.4 Å². The fourth-order valence-electron chi connectivity index (χ4n) is 3.65. The monoisotopic (exact) mass is 454 g/mol. The van der Waals surface area contributed by atoms with Crippen molar-refractivity contribution in [1.29, 1.82) is 0 Å². The number of hydrogen-bond donors (Lipinski definition) is 0. The number of esters is 1. The van der Waals surface area contributed by atoms with Crippen molar-refractivity contribution in [2.75, 3.05) is 0 Å². The predicted octanol–water partition coefficient (Wildman–Crippen LogP) is 7.02. The van der Waals surface area contributed by atoms with Crippen molar-refractivity contribution >= 4 is 35.2 Å². The molecule has 0 aromatic heterocycles. The van der Waals surface area contributed by atoms with Gasteiger partial charge in [0.15, 0.2) is 6.10 Å². The lowest BCUT2D eigenvalue weighted by Crippen LogP contribution is -2.20. The molecule has 0 aliphatic heterocycles. The highest BCUT2D eigenvalue weighted by Crippen LogP contribution is 2.60. The quantitative estimate of drug-likeness (QED) is 0.333. The topological polar surface area (TPSA) is 35.5 Å². The first-order valence-electron chi connectivity index (χ1n) is 9.93. The van der Waals surface area contributed by atoms with E-state index in [0.717, 1.165) is 16.9 Å². The molecule has 0 radical (unpaired) electrons. The SMILES string of the molecule is C#CC(OC(=O)C1C(C=C(Cl)Cl)C1(C)C)/C(C)=C/c1cccc(Oc2ccccc2)c1. The molecule has 160 valence electrons. The molecule has 1 aliphatic carbocycles. The highest BCUT2D eigenvalue weighted by atomic mass is 35.5. The fraction of sp³-hybridized carbons (Fsp3) is 0.269. The van der Waals surface area contributed by atoms with Gasteiger partial charge in [-0.15, -0.1) is 6.42 Å². The number of carbonyl (C=O) groups is 1. The van der Waals surface area contributed by atoms with Gasteiger partial charge >= 0.3 is 5.97 Å². The van der Waals surface area contributed by atoms with Crippen molar-refractivity contribution in [2.24, 2.45) is 17.3 Å². The third-order valence-corrected chi connectivity index (χ3v) is 5.75. The summed E-state index contributed by atoms with van der Waals surface area (Å²) in [6.45, 7) is 5.79. The van der Waals surface area contributed by atoms with Crippen molar-refractivity contribution in [2.45, 2.75) is 26.9 Å². The summed E-state index contributed by atoms with van der Waals surface area (Å²) in [4.78, 5) is 12.7. The van der Waals surface area contributed by atoms with Gasteiger partial charge in [-0.25, -0.2) is 0 Å². The van der Waals surface area contributed by atoms with Gasteiger partial charge in [-0.2, -0.15) is 0 Å². The van der Waals surface area contributed by atoms with E-state index in [2.05, 4.69) is 5.92 Å². The van der Waals surface area contributed by atoms with Crippen LogP contribution in [0.1, 0.15) is 26.3 Å². The van der Waals surface area contributed by atoms with Gasteiger partial charge in [0.1, 0.15) is 16.0 Å². The van der Waals surface area contributed by atoms with Crippen molar-refractivity contribution in [3.63, 3.8) is 0 Å². The van der Waals surface area contributed by atoms with E-state index in [0.29, 0.717) is 5.75 Å². The number of allylic oxidation sites excluding steroid dienone is 1. The Morgan fingerprint density at radius 3 is 2.45 bits per heavy atom. The molecular formula is C26H24Cl2O3. The number of carbonyl (C=O) groups excluding carboxylic acids is 1. The predicted molar refractivity (Wildman–Crippen MR) is 126 cm³/mol. The van der Waals surface area contributed by atoms with Gasteiger partial charge < -0.3 is 9.47 Å². The molecule has 0 bridgehead atoms. The molecule has 0 spiro atoms.